The van der Waals surface area contributed by atoms with Gasteiger partial charge in [0.1, 0.15) is 5.82 Å². The van der Waals surface area contributed by atoms with Gasteiger partial charge in [0, 0.05) is 6.61 Å². The first-order valence-electron chi connectivity index (χ1n) is 5.45. The van der Waals surface area contributed by atoms with Gasteiger partial charge in [0.15, 0.2) is 0 Å². The van der Waals surface area contributed by atoms with Gasteiger partial charge in [-0.05, 0) is 25.1 Å². The molecule has 0 spiro atoms. The van der Waals surface area contributed by atoms with Crippen LogP contribution in [0, 0.1) is 5.82 Å². The number of hydrogen-bond acceptors (Lipinski definition) is 3. The Bertz CT molecular complexity index is 448. The summed E-state index contributed by atoms with van der Waals surface area (Å²) in [7, 11) is 0. The first-order chi connectivity index (χ1) is 8.54. The Morgan fingerprint density at radius 2 is 2.17 bits per heavy atom. The fraction of sp³-hybridized carbons (Fsp3) is 0.333. The highest BCUT2D eigenvalue weighted by atomic mass is 19.1. The summed E-state index contributed by atoms with van der Waals surface area (Å²) in [5.41, 5.74) is -0.229. The predicted octanol–water partition coefficient (Wildman–Crippen LogP) is 1.89. The highest BCUT2D eigenvalue weighted by molar-refractivity contribution is 5.94. The molecule has 0 atom stereocenters. The maximum Gasteiger partial charge on any atom is 0.335 e. The van der Waals surface area contributed by atoms with Crippen molar-refractivity contribution >= 4 is 17.6 Å². The maximum atomic E-state index is 13.3. The first-order valence-corrected chi connectivity index (χ1v) is 5.45. The van der Waals surface area contributed by atoms with Crippen LogP contribution in [0.1, 0.15) is 23.7 Å². The van der Waals surface area contributed by atoms with Crippen molar-refractivity contribution in [3.63, 3.8) is 0 Å². The minimum absolute atomic E-state index is 0.0866. The van der Waals surface area contributed by atoms with Gasteiger partial charge in [-0.25, -0.2) is 9.18 Å². The summed E-state index contributed by atoms with van der Waals surface area (Å²) in [4.78, 5) is 22.1. The molecule has 1 amide bonds. The number of carboxylic acid groups (broad SMARTS) is 1. The summed E-state index contributed by atoms with van der Waals surface area (Å²) >= 11 is 0. The summed E-state index contributed by atoms with van der Waals surface area (Å²) in [5.74, 6) is -2.28. The molecule has 0 aliphatic rings. The minimum atomic E-state index is -1.18. The third-order valence-corrected chi connectivity index (χ3v) is 2.16. The van der Waals surface area contributed by atoms with Gasteiger partial charge >= 0.3 is 5.97 Å². The van der Waals surface area contributed by atoms with Crippen LogP contribution in [0.3, 0.4) is 0 Å². The van der Waals surface area contributed by atoms with E-state index < -0.39 is 17.7 Å². The van der Waals surface area contributed by atoms with E-state index in [1.165, 1.54) is 0 Å². The quantitative estimate of drug-likeness (QED) is 0.761. The van der Waals surface area contributed by atoms with Crippen molar-refractivity contribution in [3.05, 3.63) is 29.6 Å². The second-order valence-electron chi connectivity index (χ2n) is 3.49. The zero-order chi connectivity index (χ0) is 13.5. The van der Waals surface area contributed by atoms with Gasteiger partial charge in [-0.1, -0.05) is 0 Å². The Morgan fingerprint density at radius 3 is 2.78 bits per heavy atom. The Morgan fingerprint density at radius 1 is 1.44 bits per heavy atom. The molecule has 18 heavy (non-hydrogen) atoms. The predicted molar refractivity (Wildman–Crippen MR) is 63.1 cm³/mol. The number of aromatic carboxylic acids is 1. The SMILES string of the molecule is CCOCCC(=O)Nc1cc(C(=O)O)ccc1F. The normalized spacial score (nSPS) is 10.1. The lowest BCUT2D eigenvalue weighted by atomic mass is 10.2. The van der Waals surface area contributed by atoms with Gasteiger partial charge < -0.3 is 15.2 Å². The van der Waals surface area contributed by atoms with Gasteiger partial charge in [0.2, 0.25) is 5.91 Å². The number of benzene rings is 1. The Balaban J connectivity index is 2.68. The zero-order valence-electron chi connectivity index (χ0n) is 9.90. The van der Waals surface area contributed by atoms with Crippen molar-refractivity contribution in [2.45, 2.75) is 13.3 Å². The number of carboxylic acids is 1. The Kier molecular flexibility index (Phi) is 5.26. The molecule has 0 fully saturated rings. The highest BCUT2D eigenvalue weighted by Crippen LogP contribution is 2.16. The molecule has 5 nitrogen and oxygen atoms in total. The van der Waals surface area contributed by atoms with Crippen molar-refractivity contribution in [2.75, 3.05) is 18.5 Å². The number of ether oxygens (including phenoxy) is 1. The van der Waals surface area contributed by atoms with E-state index in [0.29, 0.717) is 6.61 Å². The molecule has 6 heteroatoms. The van der Waals surface area contributed by atoms with E-state index in [0.717, 1.165) is 18.2 Å². The number of halogens is 1. The van der Waals surface area contributed by atoms with Crippen molar-refractivity contribution in [3.8, 4) is 0 Å². The van der Waals surface area contributed by atoms with Crippen LogP contribution in [-0.4, -0.2) is 30.2 Å². The van der Waals surface area contributed by atoms with Gasteiger partial charge in [0.05, 0.1) is 24.3 Å². The second kappa shape index (κ2) is 6.70. The molecule has 0 aliphatic heterocycles. The number of amides is 1. The average molecular weight is 255 g/mol. The van der Waals surface area contributed by atoms with Gasteiger partial charge in [0.25, 0.3) is 0 Å². The molecule has 98 valence electrons. The van der Waals surface area contributed by atoms with Crippen LogP contribution < -0.4 is 5.32 Å². The molecule has 0 heterocycles. The number of rotatable bonds is 6. The molecular formula is C12H14FNO4. The Hall–Kier alpha value is -1.95. The summed E-state index contributed by atoms with van der Waals surface area (Å²) in [6.45, 7) is 2.53. The van der Waals surface area contributed by atoms with Crippen LogP contribution in [-0.2, 0) is 9.53 Å². The second-order valence-corrected chi connectivity index (χ2v) is 3.49. The number of nitrogens with one attached hydrogen (secondary N) is 1. The Labute approximate surface area is 104 Å². The van der Waals surface area contributed by atoms with E-state index >= 15 is 0 Å². The van der Waals surface area contributed by atoms with E-state index in [2.05, 4.69) is 5.32 Å². The van der Waals surface area contributed by atoms with Crippen molar-refractivity contribution in [1.29, 1.82) is 0 Å². The third kappa shape index (κ3) is 4.14. The molecule has 0 unspecified atom stereocenters. The van der Waals surface area contributed by atoms with Crippen molar-refractivity contribution in [2.24, 2.45) is 0 Å². The van der Waals surface area contributed by atoms with Crippen molar-refractivity contribution in [1.82, 2.24) is 0 Å². The number of carbonyl (C=O) groups is 2. The zero-order valence-corrected chi connectivity index (χ0v) is 9.90. The molecule has 1 rings (SSSR count). The largest absolute Gasteiger partial charge is 0.478 e. The monoisotopic (exact) mass is 255 g/mol. The molecule has 0 radical (unpaired) electrons. The number of hydrogen-bond donors (Lipinski definition) is 2. The summed E-state index contributed by atoms with van der Waals surface area (Å²) in [6.07, 6.45) is 0.0879. The fourth-order valence-electron chi connectivity index (χ4n) is 1.28. The van der Waals surface area contributed by atoms with Crippen LogP contribution in [0.2, 0.25) is 0 Å². The van der Waals surface area contributed by atoms with Crippen LogP contribution in [0.15, 0.2) is 18.2 Å². The molecule has 0 aromatic heterocycles. The first kappa shape index (κ1) is 14.1. The van der Waals surface area contributed by atoms with Crippen LogP contribution in [0.25, 0.3) is 0 Å². The maximum absolute atomic E-state index is 13.3. The molecule has 2 N–H and O–H groups in total. The summed E-state index contributed by atoms with van der Waals surface area (Å²) in [5, 5.41) is 11.1. The minimum Gasteiger partial charge on any atom is -0.478 e. The van der Waals surface area contributed by atoms with Gasteiger partial charge in [-0.3, -0.25) is 4.79 Å². The fourth-order valence-corrected chi connectivity index (χ4v) is 1.28. The molecule has 1 aromatic rings. The number of anilines is 1. The van der Waals surface area contributed by atoms with E-state index in [1.807, 2.05) is 0 Å². The van der Waals surface area contributed by atoms with Crippen LogP contribution in [0.5, 0.6) is 0 Å². The van der Waals surface area contributed by atoms with Crippen LogP contribution >= 0.6 is 0 Å². The topological polar surface area (TPSA) is 75.6 Å². The lowest BCUT2D eigenvalue weighted by Crippen LogP contribution is -2.15. The van der Waals surface area contributed by atoms with Gasteiger partial charge in [-0.15, -0.1) is 0 Å². The summed E-state index contributed by atoms with van der Waals surface area (Å²) in [6, 6.07) is 3.21. The molecule has 1 aromatic carbocycles. The molecule has 0 bridgehead atoms. The lowest BCUT2D eigenvalue weighted by molar-refractivity contribution is -0.117. The molecule has 0 saturated heterocycles. The molecule has 0 saturated carbocycles. The van der Waals surface area contributed by atoms with E-state index in [1.54, 1.807) is 6.92 Å². The smallest absolute Gasteiger partial charge is 0.335 e. The van der Waals surface area contributed by atoms with E-state index in [9.17, 15) is 14.0 Å². The average Bonchev–Trinajstić information content (AvgIpc) is 2.32. The van der Waals surface area contributed by atoms with E-state index in [-0.39, 0.29) is 24.3 Å². The standard InChI is InChI=1S/C12H14FNO4/c1-2-18-6-5-11(15)14-10-7-8(12(16)17)3-4-9(10)13/h3-4,7H,2,5-6H2,1H3,(H,14,15)(H,16,17). The van der Waals surface area contributed by atoms with Gasteiger partial charge in [-0.2, -0.15) is 0 Å². The van der Waals surface area contributed by atoms with Crippen molar-refractivity contribution < 1.29 is 23.8 Å². The van der Waals surface area contributed by atoms with E-state index in [4.69, 9.17) is 9.84 Å². The third-order valence-electron chi connectivity index (χ3n) is 2.16. The van der Waals surface area contributed by atoms with Crippen LogP contribution in [0.4, 0.5) is 10.1 Å². The highest BCUT2D eigenvalue weighted by Gasteiger charge is 2.10. The number of carbonyl (C=O) groups excluding carboxylic acids is 1. The summed E-state index contributed by atoms with van der Waals surface area (Å²) < 4.78 is 18.3. The molecular weight excluding hydrogens is 241 g/mol. The molecule has 0 aliphatic carbocycles. The lowest BCUT2D eigenvalue weighted by Gasteiger charge is -2.07.